The van der Waals surface area contributed by atoms with Crippen molar-refractivity contribution in [2.24, 2.45) is 5.73 Å². The highest BCUT2D eigenvalue weighted by atomic mass is 19.4. The van der Waals surface area contributed by atoms with Crippen molar-refractivity contribution in [2.45, 2.75) is 38.7 Å². The Bertz CT molecular complexity index is 1220. The van der Waals surface area contributed by atoms with Gasteiger partial charge in [-0.3, -0.25) is 9.78 Å². The van der Waals surface area contributed by atoms with Gasteiger partial charge in [-0.15, -0.1) is 0 Å². The molecule has 0 radical (unpaired) electrons. The molecule has 4 N–H and O–H groups in total. The Morgan fingerprint density at radius 2 is 1.71 bits per heavy atom. The molecule has 1 atom stereocenters. The molecular formula is C20H18F6N4O4. The molecule has 184 valence electrons. The van der Waals surface area contributed by atoms with Gasteiger partial charge in [-0.25, -0.2) is 9.78 Å². The van der Waals surface area contributed by atoms with Gasteiger partial charge in [0.05, 0.1) is 11.3 Å². The number of nitrogens with two attached hydrogens (primary N) is 1. The average molecular weight is 492 g/mol. The van der Waals surface area contributed by atoms with Crippen LogP contribution in [0.5, 0.6) is 0 Å². The summed E-state index contributed by atoms with van der Waals surface area (Å²) in [6.07, 6.45) is -6.66. The maximum atomic E-state index is 13.6. The van der Waals surface area contributed by atoms with Gasteiger partial charge in [-0.1, -0.05) is 0 Å². The van der Waals surface area contributed by atoms with E-state index >= 15 is 0 Å². The van der Waals surface area contributed by atoms with E-state index in [1.807, 2.05) is 0 Å². The van der Waals surface area contributed by atoms with E-state index in [4.69, 9.17) is 20.7 Å². The number of carboxylic acid groups (broad SMARTS) is 2. The summed E-state index contributed by atoms with van der Waals surface area (Å²) < 4.78 is 74.0. The summed E-state index contributed by atoms with van der Waals surface area (Å²) >= 11 is 0. The number of halogens is 6. The first-order valence-corrected chi connectivity index (χ1v) is 9.33. The van der Waals surface area contributed by atoms with E-state index in [1.54, 1.807) is 26.1 Å². The minimum absolute atomic E-state index is 0.00888. The number of imidazole rings is 1. The van der Waals surface area contributed by atoms with Crippen LogP contribution in [-0.2, 0) is 22.2 Å². The van der Waals surface area contributed by atoms with Crippen LogP contribution in [0, 0.1) is 13.8 Å². The van der Waals surface area contributed by atoms with Crippen molar-refractivity contribution in [2.75, 3.05) is 0 Å². The Balaban J connectivity index is 0.000000509. The second kappa shape index (κ2) is 9.67. The smallest absolute Gasteiger partial charge is 0.480 e. The van der Waals surface area contributed by atoms with Crippen molar-refractivity contribution < 1.29 is 46.1 Å². The summed E-state index contributed by atoms with van der Waals surface area (Å²) in [7, 11) is 0. The number of aromatic nitrogens is 3. The van der Waals surface area contributed by atoms with E-state index in [0.29, 0.717) is 17.0 Å². The number of aryl methyl sites for hydroxylation is 2. The first-order chi connectivity index (χ1) is 15.5. The third-order valence-corrected chi connectivity index (χ3v) is 4.65. The molecule has 8 nitrogen and oxygen atoms in total. The van der Waals surface area contributed by atoms with Gasteiger partial charge in [0.25, 0.3) is 0 Å². The molecule has 3 aromatic rings. The van der Waals surface area contributed by atoms with Gasteiger partial charge in [-0.05, 0) is 37.6 Å². The summed E-state index contributed by atoms with van der Waals surface area (Å²) in [6, 6.07) is 2.96. The lowest BCUT2D eigenvalue weighted by Gasteiger charge is -2.16. The molecule has 0 amide bonds. The van der Waals surface area contributed by atoms with Gasteiger partial charge >= 0.3 is 24.3 Å². The predicted molar refractivity (Wildman–Crippen MR) is 106 cm³/mol. The van der Waals surface area contributed by atoms with Crippen LogP contribution in [-0.4, -0.2) is 48.7 Å². The van der Waals surface area contributed by atoms with E-state index < -0.39 is 35.9 Å². The monoisotopic (exact) mass is 492 g/mol. The number of aliphatic carboxylic acids is 2. The van der Waals surface area contributed by atoms with Crippen LogP contribution in [0.3, 0.4) is 0 Å². The van der Waals surface area contributed by atoms with E-state index in [2.05, 4.69) is 9.97 Å². The number of pyridine rings is 2. The maximum Gasteiger partial charge on any atom is 0.490 e. The summed E-state index contributed by atoms with van der Waals surface area (Å²) in [5, 5.41) is 16.1. The zero-order chi connectivity index (χ0) is 26.0. The van der Waals surface area contributed by atoms with E-state index in [0.717, 1.165) is 6.07 Å². The number of nitrogens with zero attached hydrogens (tertiary/aromatic N) is 3. The first-order valence-electron chi connectivity index (χ1n) is 9.33. The molecule has 1 unspecified atom stereocenters. The van der Waals surface area contributed by atoms with E-state index in [1.165, 1.54) is 16.7 Å². The fourth-order valence-corrected chi connectivity index (χ4v) is 2.86. The Morgan fingerprint density at radius 3 is 2.21 bits per heavy atom. The number of hydrogen-bond acceptors (Lipinski definition) is 5. The van der Waals surface area contributed by atoms with Crippen LogP contribution >= 0.6 is 0 Å². The summed E-state index contributed by atoms with van der Waals surface area (Å²) in [6.45, 7) is 3.21. The maximum absolute atomic E-state index is 13.6. The summed E-state index contributed by atoms with van der Waals surface area (Å²) in [5.74, 6) is -3.92. The van der Waals surface area contributed by atoms with Crippen LogP contribution in [0.15, 0.2) is 30.6 Å². The average Bonchev–Trinajstić information content (AvgIpc) is 3.19. The molecular weight excluding hydrogens is 474 g/mol. The highest BCUT2D eigenvalue weighted by Crippen LogP contribution is 2.38. The lowest BCUT2D eigenvalue weighted by molar-refractivity contribution is -0.192. The molecule has 3 aromatic heterocycles. The van der Waals surface area contributed by atoms with Gasteiger partial charge in [-0.2, -0.15) is 26.3 Å². The number of fused-ring (bicyclic) bond motifs is 1. The molecule has 0 aliphatic heterocycles. The molecule has 0 bridgehead atoms. The third kappa shape index (κ3) is 6.01. The second-order valence-corrected chi connectivity index (χ2v) is 7.10. The minimum atomic E-state index is -5.08. The van der Waals surface area contributed by atoms with Crippen molar-refractivity contribution in [1.29, 1.82) is 0 Å². The van der Waals surface area contributed by atoms with Gasteiger partial charge in [0.1, 0.15) is 11.7 Å². The molecule has 3 rings (SSSR count). The van der Waals surface area contributed by atoms with Gasteiger partial charge < -0.3 is 20.3 Å². The molecule has 0 saturated heterocycles. The van der Waals surface area contributed by atoms with Crippen LogP contribution < -0.4 is 5.73 Å². The summed E-state index contributed by atoms with van der Waals surface area (Å²) in [4.78, 5) is 28.2. The van der Waals surface area contributed by atoms with Crippen LogP contribution in [0.25, 0.3) is 16.9 Å². The van der Waals surface area contributed by atoms with Crippen LogP contribution in [0.2, 0.25) is 0 Å². The molecule has 34 heavy (non-hydrogen) atoms. The van der Waals surface area contributed by atoms with Crippen molar-refractivity contribution in [3.63, 3.8) is 0 Å². The van der Waals surface area contributed by atoms with Crippen molar-refractivity contribution in [3.05, 3.63) is 53.1 Å². The van der Waals surface area contributed by atoms with E-state index in [-0.39, 0.29) is 23.3 Å². The number of carboxylic acids is 2. The van der Waals surface area contributed by atoms with E-state index in [9.17, 15) is 31.1 Å². The van der Waals surface area contributed by atoms with Gasteiger partial charge in [0, 0.05) is 35.8 Å². The lowest BCUT2D eigenvalue weighted by atomic mass is 10.0. The van der Waals surface area contributed by atoms with Gasteiger partial charge in [0.2, 0.25) is 0 Å². The Morgan fingerprint density at radius 1 is 1.12 bits per heavy atom. The molecule has 0 fully saturated rings. The Hall–Kier alpha value is -3.68. The molecule has 0 spiro atoms. The normalized spacial score (nSPS) is 12.7. The summed E-state index contributed by atoms with van der Waals surface area (Å²) in [5.41, 5.74) is 6.45. The van der Waals surface area contributed by atoms with Crippen LogP contribution in [0.1, 0.15) is 22.5 Å². The number of carbonyl (C=O) groups is 2. The molecule has 0 saturated carbocycles. The van der Waals surface area contributed by atoms with Crippen molar-refractivity contribution in [3.8, 4) is 11.3 Å². The Labute approximate surface area is 187 Å². The standard InChI is InChI=1S/C18H17F3N4O2.C2HF3O2/c1-9-7-13(18(19,20)21)15(24-10(9)2)12-4-3-11(8-14(22)17(26)27)25-6-5-23-16(12)25;3-2(4,5)1(6)7/h3-7,14H,8,22H2,1-2H3,(H,26,27);(H,6,7). The number of hydrogen-bond donors (Lipinski definition) is 3. The molecule has 0 aromatic carbocycles. The zero-order valence-corrected chi connectivity index (χ0v) is 17.6. The fraction of sp³-hybridized carbons (Fsp3) is 0.300. The number of alkyl halides is 6. The van der Waals surface area contributed by atoms with Crippen LogP contribution in [0.4, 0.5) is 26.3 Å². The van der Waals surface area contributed by atoms with Crippen molar-refractivity contribution >= 4 is 17.6 Å². The largest absolute Gasteiger partial charge is 0.490 e. The molecule has 0 aliphatic rings. The predicted octanol–water partition coefficient (Wildman–Crippen LogP) is 3.62. The fourth-order valence-electron chi connectivity index (χ4n) is 2.86. The van der Waals surface area contributed by atoms with Gasteiger partial charge in [0.15, 0.2) is 0 Å². The highest BCUT2D eigenvalue weighted by Gasteiger charge is 2.38. The quantitative estimate of drug-likeness (QED) is 0.474. The first kappa shape index (κ1) is 26.6. The molecule has 3 heterocycles. The topological polar surface area (TPSA) is 131 Å². The highest BCUT2D eigenvalue weighted by molar-refractivity contribution is 5.78. The lowest BCUT2D eigenvalue weighted by Crippen LogP contribution is -2.32. The molecule has 14 heteroatoms. The zero-order valence-electron chi connectivity index (χ0n) is 17.6. The molecule has 0 aliphatic carbocycles. The number of rotatable bonds is 4. The SMILES string of the molecule is Cc1cc(C(F)(F)F)c(-c2ccc(CC(N)C(=O)O)n3ccnc23)nc1C.O=C(O)C(F)(F)F. The Kier molecular flexibility index (Phi) is 7.56. The third-order valence-electron chi connectivity index (χ3n) is 4.65. The second-order valence-electron chi connectivity index (χ2n) is 7.10. The van der Waals surface area contributed by atoms with Crippen molar-refractivity contribution in [1.82, 2.24) is 14.4 Å². The minimum Gasteiger partial charge on any atom is -0.480 e.